The molecule has 16 nitrogen and oxygen atoms in total. The molecule has 3 fully saturated rings. The van der Waals surface area contributed by atoms with Gasteiger partial charge >= 0.3 is 19.6 Å². The predicted octanol–water partition coefficient (Wildman–Crippen LogP) is 4.42. The molecular formula is C34H56N7O9P. The van der Waals surface area contributed by atoms with E-state index in [9.17, 15) is 19.3 Å². The van der Waals surface area contributed by atoms with Gasteiger partial charge < -0.3 is 34.3 Å². The van der Waals surface area contributed by atoms with Gasteiger partial charge in [0.05, 0.1) is 26.1 Å². The smallest absolute Gasteiger partial charge is 0.342 e. The van der Waals surface area contributed by atoms with Gasteiger partial charge in [-0.25, -0.2) is 15.2 Å². The van der Waals surface area contributed by atoms with E-state index in [-0.39, 0.29) is 42.5 Å². The number of ether oxygens (including phenoxy) is 4. The Bertz CT molecular complexity index is 1480. The summed E-state index contributed by atoms with van der Waals surface area (Å²) in [4.78, 5) is 39.9. The summed E-state index contributed by atoms with van der Waals surface area (Å²) < 4.78 is 46.1. The highest BCUT2D eigenvalue weighted by Gasteiger charge is 2.46. The van der Waals surface area contributed by atoms with Crippen molar-refractivity contribution >= 4 is 36.7 Å². The minimum Gasteiger partial charge on any atom is -0.479 e. The van der Waals surface area contributed by atoms with Crippen LogP contribution < -0.4 is 20.6 Å². The van der Waals surface area contributed by atoms with Crippen LogP contribution in [-0.2, 0) is 32.9 Å². The molecule has 2 aromatic rings. The number of aliphatic hydroxyl groups is 1. The van der Waals surface area contributed by atoms with Gasteiger partial charge in [0.1, 0.15) is 36.6 Å². The van der Waals surface area contributed by atoms with Gasteiger partial charge in [0.2, 0.25) is 11.8 Å². The number of hydrogen-bond donors (Lipinski definition) is 4. The Balaban J connectivity index is 1.37. The van der Waals surface area contributed by atoms with E-state index in [1.165, 1.54) is 13.4 Å². The second-order valence-corrected chi connectivity index (χ2v) is 16.7. The zero-order valence-electron chi connectivity index (χ0n) is 30.7. The Morgan fingerprint density at radius 1 is 0.961 bits per heavy atom. The van der Waals surface area contributed by atoms with Crippen molar-refractivity contribution in [3.63, 3.8) is 0 Å². The third-order valence-corrected chi connectivity index (χ3v) is 11.9. The molecule has 2 aromatic heterocycles. The number of anilines is 1. The Labute approximate surface area is 299 Å². The van der Waals surface area contributed by atoms with Crippen molar-refractivity contribution in [2.75, 3.05) is 19.5 Å². The van der Waals surface area contributed by atoms with E-state index in [0.29, 0.717) is 11.2 Å². The minimum atomic E-state index is -4.25. The first-order valence-corrected chi connectivity index (χ1v) is 20.0. The third kappa shape index (κ3) is 9.57. The number of carbonyl (C=O) groups is 2. The molecule has 0 unspecified atom stereocenters. The number of aliphatic hydroxyl groups excluding tert-OH is 1. The van der Waals surface area contributed by atoms with E-state index >= 15 is 0 Å². The predicted molar refractivity (Wildman–Crippen MR) is 188 cm³/mol. The van der Waals surface area contributed by atoms with Crippen LogP contribution in [0.15, 0.2) is 6.33 Å². The molecule has 1 aliphatic heterocycles. The molecule has 286 valence electrons. The molecule has 51 heavy (non-hydrogen) atoms. The normalized spacial score (nSPS) is 25.0. The lowest BCUT2D eigenvalue weighted by Crippen LogP contribution is -2.49. The molecule has 0 aromatic carbocycles. The summed E-state index contributed by atoms with van der Waals surface area (Å²) in [7, 11) is -2.80. The third-order valence-electron chi connectivity index (χ3n) is 10.1. The fraction of sp³-hybridized carbons (Fsp3) is 0.794. The van der Waals surface area contributed by atoms with Gasteiger partial charge in [-0.15, -0.1) is 0 Å². The molecule has 17 heteroatoms. The van der Waals surface area contributed by atoms with Gasteiger partial charge in [-0.2, -0.15) is 9.97 Å². The van der Waals surface area contributed by atoms with Crippen LogP contribution in [0.3, 0.4) is 0 Å². The molecule has 6 atom stereocenters. The van der Waals surface area contributed by atoms with Crippen molar-refractivity contribution in [3.8, 4) is 5.88 Å². The summed E-state index contributed by atoms with van der Waals surface area (Å²) in [6.45, 7) is 8.72. The molecule has 5 rings (SSSR count). The van der Waals surface area contributed by atoms with Crippen molar-refractivity contribution in [1.82, 2.24) is 29.7 Å². The molecule has 0 spiro atoms. The molecular weight excluding hydrogens is 681 g/mol. The quantitative estimate of drug-likeness (QED) is 0.147. The Hall–Kier alpha value is -2.88. The first kappa shape index (κ1) is 39.3. The molecule has 3 heterocycles. The number of nitrogens with two attached hydrogens (primary N) is 1. The number of esters is 2. The van der Waals surface area contributed by atoms with Crippen molar-refractivity contribution in [2.45, 2.75) is 142 Å². The summed E-state index contributed by atoms with van der Waals surface area (Å²) in [5.74, 6) is -2.07. The number of methoxy groups -OCH3 is 1. The Morgan fingerprint density at radius 2 is 1.49 bits per heavy atom. The number of imidazole rings is 1. The molecule has 1 saturated heterocycles. The highest BCUT2D eigenvalue weighted by atomic mass is 31.2. The number of fused-ring (bicyclic) bond motifs is 1. The number of carbonyl (C=O) groups excluding carboxylic acids is 2. The van der Waals surface area contributed by atoms with Crippen molar-refractivity contribution in [1.29, 1.82) is 0 Å². The number of hydrogen-bond acceptors (Lipinski definition) is 13. The maximum atomic E-state index is 14.9. The fourth-order valence-corrected chi connectivity index (χ4v) is 9.15. The number of nitrogens with zero attached hydrogens (tertiary/aromatic N) is 4. The first-order valence-electron chi connectivity index (χ1n) is 18.4. The van der Waals surface area contributed by atoms with Crippen molar-refractivity contribution in [3.05, 3.63) is 6.33 Å². The lowest BCUT2D eigenvalue weighted by molar-refractivity contribution is -0.154. The topological polar surface area (TPSA) is 211 Å². The molecule has 0 radical (unpaired) electrons. The number of aromatic nitrogens is 4. The lowest BCUT2D eigenvalue weighted by atomic mass is 9.97. The van der Waals surface area contributed by atoms with E-state index in [4.69, 9.17) is 29.2 Å². The maximum Gasteiger partial charge on any atom is 0.342 e. The van der Waals surface area contributed by atoms with Crippen LogP contribution in [0.25, 0.3) is 11.2 Å². The Kier molecular flexibility index (Phi) is 13.3. The van der Waals surface area contributed by atoms with Crippen LogP contribution >= 0.6 is 7.67 Å². The summed E-state index contributed by atoms with van der Waals surface area (Å²) in [6, 6.07) is -2.04. The zero-order chi connectivity index (χ0) is 36.9. The molecule has 5 N–H and O–H groups in total. The summed E-state index contributed by atoms with van der Waals surface area (Å²) in [5, 5.41) is 17.2. The van der Waals surface area contributed by atoms with Gasteiger partial charge in [-0.05, 0) is 63.2 Å². The highest BCUT2D eigenvalue weighted by molar-refractivity contribution is 7.54. The molecule has 2 aliphatic carbocycles. The molecule has 2 saturated carbocycles. The van der Waals surface area contributed by atoms with Crippen molar-refractivity contribution in [2.24, 2.45) is 17.8 Å². The van der Waals surface area contributed by atoms with Gasteiger partial charge in [0.25, 0.3) is 0 Å². The van der Waals surface area contributed by atoms with Crippen molar-refractivity contribution < 1.29 is 42.7 Å². The van der Waals surface area contributed by atoms with Crippen LogP contribution in [0.4, 0.5) is 5.95 Å². The fourth-order valence-electron chi connectivity index (χ4n) is 7.03. The van der Waals surface area contributed by atoms with Crippen LogP contribution in [0.1, 0.15) is 105 Å². The summed E-state index contributed by atoms with van der Waals surface area (Å²) in [6.07, 6.45) is 7.53. The van der Waals surface area contributed by atoms with Crippen LogP contribution in [0.5, 0.6) is 5.88 Å². The van der Waals surface area contributed by atoms with Gasteiger partial charge in [0, 0.05) is 5.92 Å². The Morgan fingerprint density at radius 3 is 1.98 bits per heavy atom. The number of rotatable bonds is 15. The second-order valence-electron chi connectivity index (χ2n) is 14.8. The molecule has 0 amide bonds. The van der Waals surface area contributed by atoms with Crippen LogP contribution in [0.2, 0.25) is 0 Å². The minimum absolute atomic E-state index is 0.0197. The molecule has 0 bridgehead atoms. The van der Waals surface area contributed by atoms with E-state index in [1.807, 2.05) is 27.7 Å². The van der Waals surface area contributed by atoms with Gasteiger partial charge in [-0.1, -0.05) is 47.5 Å². The standard InChI is InChI=1S/C34H56N7O9P/c1-19(2)25(32(43)48-22-13-9-7-10-14-22)39-51(45,40-26(20(3)4)33(44)49-23-15-11-8-12-16-23)47-17-24-28(42)21(5)31(50-24)41-18-36-27-29(41)37-34(35)38-30(27)46-6/h18-26,28,31,42H,7-17H2,1-6H3,(H2,35,37,38)(H2,39,40,45)/t21-,24+,25-,26-,28-,31+/m0/s1. The summed E-state index contributed by atoms with van der Waals surface area (Å²) >= 11 is 0. The lowest BCUT2D eigenvalue weighted by Gasteiger charge is -2.33. The zero-order valence-corrected chi connectivity index (χ0v) is 31.6. The van der Waals surface area contributed by atoms with E-state index in [2.05, 4.69) is 25.1 Å². The SMILES string of the molecule is COc1nc(N)nc2c1ncn2[C@@H]1O[C@H](COP(=O)(N[C@H](C(=O)OC2CCCCC2)C(C)C)N[C@H](C(=O)OC2CCCCC2)C(C)C)[C@@H](O)[C@@H]1C. The van der Waals surface area contributed by atoms with E-state index in [1.54, 1.807) is 11.5 Å². The van der Waals surface area contributed by atoms with Gasteiger partial charge in [-0.3, -0.25) is 18.7 Å². The first-order chi connectivity index (χ1) is 24.3. The van der Waals surface area contributed by atoms with E-state index < -0.39 is 56.0 Å². The van der Waals surface area contributed by atoms with E-state index in [0.717, 1.165) is 64.2 Å². The number of nitrogen functional groups attached to an aromatic ring is 1. The summed E-state index contributed by atoms with van der Waals surface area (Å²) in [5.41, 5.74) is 6.64. The second kappa shape index (κ2) is 17.3. The number of nitrogens with one attached hydrogen (secondary N) is 2. The average Bonchev–Trinajstić information content (AvgIpc) is 3.64. The maximum absolute atomic E-state index is 14.9. The average molecular weight is 738 g/mol. The van der Waals surface area contributed by atoms with Gasteiger partial charge in [0.15, 0.2) is 11.2 Å². The van der Waals surface area contributed by atoms with Crippen LogP contribution in [-0.4, -0.2) is 86.8 Å². The molecule has 3 aliphatic rings. The largest absolute Gasteiger partial charge is 0.479 e. The highest BCUT2D eigenvalue weighted by Crippen LogP contribution is 2.44. The van der Waals surface area contributed by atoms with Crippen LogP contribution in [0, 0.1) is 17.8 Å². The monoisotopic (exact) mass is 737 g/mol.